The van der Waals surface area contributed by atoms with Gasteiger partial charge >= 0.3 is 0 Å². The Hall–Kier alpha value is -2.72. The molecule has 0 spiro atoms. The van der Waals surface area contributed by atoms with E-state index in [-0.39, 0.29) is 22.9 Å². The standard InChI is InChI=1S/C27H42N4O5S/c1-5-8-12-22(7-3)20-36-16-11-17-37(34,35)30-24-14-10-13-23(19-24)28-29-26-21(4)18-25(32)31(27(26)33)15-9-6-2/h10,13-14,18-19,22,30,33H,5-9,11-12,15-17,20H2,1-4H3. The molecule has 1 atom stereocenters. The van der Waals surface area contributed by atoms with E-state index in [2.05, 4.69) is 28.8 Å². The van der Waals surface area contributed by atoms with E-state index in [9.17, 15) is 18.3 Å². The van der Waals surface area contributed by atoms with Crippen LogP contribution in [0, 0.1) is 12.8 Å². The Morgan fingerprint density at radius 3 is 2.54 bits per heavy atom. The Bertz CT molecular complexity index is 1180. The van der Waals surface area contributed by atoms with Gasteiger partial charge in [-0.3, -0.25) is 14.1 Å². The quantitative estimate of drug-likeness (QED) is 0.178. The number of ether oxygens (including phenoxy) is 1. The van der Waals surface area contributed by atoms with E-state index >= 15 is 0 Å². The molecule has 1 heterocycles. The number of aromatic nitrogens is 1. The minimum absolute atomic E-state index is 0.0448. The summed E-state index contributed by atoms with van der Waals surface area (Å²) < 4.78 is 34.7. The molecule has 2 N–H and O–H groups in total. The molecule has 2 rings (SSSR count). The summed E-state index contributed by atoms with van der Waals surface area (Å²) in [6.07, 6.45) is 6.59. The molecule has 0 saturated carbocycles. The highest BCUT2D eigenvalue weighted by atomic mass is 32.2. The molecule has 0 saturated heterocycles. The summed E-state index contributed by atoms with van der Waals surface area (Å²) in [5.41, 5.74) is 1.21. The Morgan fingerprint density at radius 1 is 1.08 bits per heavy atom. The maximum absolute atomic E-state index is 12.5. The highest BCUT2D eigenvalue weighted by Gasteiger charge is 2.14. The number of hydrogen-bond donors (Lipinski definition) is 2. The zero-order valence-electron chi connectivity index (χ0n) is 22.6. The zero-order valence-corrected chi connectivity index (χ0v) is 23.4. The number of unbranched alkanes of at least 4 members (excludes halogenated alkanes) is 2. The summed E-state index contributed by atoms with van der Waals surface area (Å²) in [4.78, 5) is 12.2. The highest BCUT2D eigenvalue weighted by Crippen LogP contribution is 2.31. The second-order valence-electron chi connectivity index (χ2n) is 9.36. The minimum atomic E-state index is -3.55. The number of benzene rings is 1. The summed E-state index contributed by atoms with van der Waals surface area (Å²) >= 11 is 0. The Labute approximate surface area is 221 Å². The average Bonchev–Trinajstić information content (AvgIpc) is 2.85. The Morgan fingerprint density at radius 2 is 1.84 bits per heavy atom. The van der Waals surface area contributed by atoms with Gasteiger partial charge in [0.25, 0.3) is 5.56 Å². The van der Waals surface area contributed by atoms with Crippen molar-refractivity contribution in [1.29, 1.82) is 0 Å². The van der Waals surface area contributed by atoms with Crippen molar-refractivity contribution in [2.45, 2.75) is 79.2 Å². The number of anilines is 1. The van der Waals surface area contributed by atoms with Gasteiger partial charge < -0.3 is 9.84 Å². The average molecular weight is 535 g/mol. The van der Waals surface area contributed by atoms with Crippen LogP contribution >= 0.6 is 0 Å². The van der Waals surface area contributed by atoms with Crippen molar-refractivity contribution in [1.82, 2.24) is 4.57 Å². The van der Waals surface area contributed by atoms with Crippen molar-refractivity contribution >= 4 is 27.1 Å². The van der Waals surface area contributed by atoms with Gasteiger partial charge in [-0.15, -0.1) is 5.11 Å². The van der Waals surface area contributed by atoms with Gasteiger partial charge in [0.2, 0.25) is 15.9 Å². The van der Waals surface area contributed by atoms with Gasteiger partial charge in [0, 0.05) is 25.8 Å². The fraction of sp³-hybridized carbons (Fsp3) is 0.593. The van der Waals surface area contributed by atoms with Crippen molar-refractivity contribution in [3.05, 3.63) is 46.2 Å². The summed E-state index contributed by atoms with van der Waals surface area (Å²) in [6.45, 7) is 9.48. The van der Waals surface area contributed by atoms with Gasteiger partial charge in [-0.25, -0.2) is 8.42 Å². The maximum Gasteiger partial charge on any atom is 0.253 e. The lowest BCUT2D eigenvalue weighted by Gasteiger charge is -2.14. The van der Waals surface area contributed by atoms with E-state index in [0.717, 1.165) is 25.7 Å². The molecule has 0 fully saturated rings. The third-order valence-electron chi connectivity index (χ3n) is 6.17. The minimum Gasteiger partial charge on any atom is -0.493 e. The zero-order chi connectivity index (χ0) is 27.3. The molecule has 0 aliphatic heterocycles. The largest absolute Gasteiger partial charge is 0.493 e. The van der Waals surface area contributed by atoms with Crippen molar-refractivity contribution < 1.29 is 18.3 Å². The van der Waals surface area contributed by atoms with E-state index in [1.807, 2.05) is 6.92 Å². The fourth-order valence-corrected chi connectivity index (χ4v) is 4.95. The monoisotopic (exact) mass is 534 g/mol. The summed E-state index contributed by atoms with van der Waals surface area (Å²) in [6, 6.07) is 7.98. The van der Waals surface area contributed by atoms with Crippen LogP contribution in [0.15, 0.2) is 45.4 Å². The second-order valence-corrected chi connectivity index (χ2v) is 11.2. The van der Waals surface area contributed by atoms with E-state index in [1.165, 1.54) is 23.5 Å². The topological polar surface area (TPSA) is 122 Å². The smallest absolute Gasteiger partial charge is 0.253 e. The van der Waals surface area contributed by atoms with Crippen LogP contribution in [0.4, 0.5) is 17.1 Å². The lowest BCUT2D eigenvalue weighted by Crippen LogP contribution is -2.19. The van der Waals surface area contributed by atoms with Gasteiger partial charge in [-0.1, -0.05) is 52.5 Å². The van der Waals surface area contributed by atoms with Gasteiger partial charge in [0.1, 0.15) is 5.69 Å². The van der Waals surface area contributed by atoms with Crippen LogP contribution in [0.1, 0.15) is 71.3 Å². The van der Waals surface area contributed by atoms with Crippen molar-refractivity contribution in [2.75, 3.05) is 23.7 Å². The number of aromatic hydroxyl groups is 1. The first kappa shape index (κ1) is 30.5. The number of aryl methyl sites for hydroxylation is 1. The number of hydrogen-bond acceptors (Lipinski definition) is 7. The van der Waals surface area contributed by atoms with Crippen LogP contribution in [0.25, 0.3) is 0 Å². The molecule has 9 nitrogen and oxygen atoms in total. The van der Waals surface area contributed by atoms with Crippen LogP contribution in [0.2, 0.25) is 0 Å². The third-order valence-corrected chi connectivity index (χ3v) is 7.54. The van der Waals surface area contributed by atoms with Crippen LogP contribution in [0.3, 0.4) is 0 Å². The van der Waals surface area contributed by atoms with E-state index in [1.54, 1.807) is 31.2 Å². The van der Waals surface area contributed by atoms with Gasteiger partial charge in [-0.2, -0.15) is 5.11 Å². The molecule has 0 aliphatic carbocycles. The molecule has 0 radical (unpaired) electrons. The first-order valence-electron chi connectivity index (χ1n) is 13.2. The van der Waals surface area contributed by atoms with Gasteiger partial charge in [-0.05, 0) is 55.9 Å². The third kappa shape index (κ3) is 10.3. The van der Waals surface area contributed by atoms with Gasteiger partial charge in [0.05, 0.1) is 17.1 Å². The summed E-state index contributed by atoms with van der Waals surface area (Å²) in [5, 5.41) is 18.9. The second kappa shape index (κ2) is 15.5. The van der Waals surface area contributed by atoms with Crippen LogP contribution in [0.5, 0.6) is 5.88 Å². The number of rotatable bonds is 17. The van der Waals surface area contributed by atoms with Crippen LogP contribution in [-0.4, -0.2) is 37.1 Å². The predicted molar refractivity (Wildman–Crippen MR) is 149 cm³/mol. The SMILES string of the molecule is CCCCC(CC)COCCCS(=O)(=O)Nc1cccc(N=Nc2c(C)cc(=O)n(CCCC)c2O)c1. The van der Waals surface area contributed by atoms with Crippen LogP contribution < -0.4 is 10.3 Å². The van der Waals surface area contributed by atoms with Gasteiger partial charge in [0.15, 0.2) is 0 Å². The normalized spacial score (nSPS) is 12.8. The highest BCUT2D eigenvalue weighted by molar-refractivity contribution is 7.92. The number of nitrogens with one attached hydrogen (secondary N) is 1. The summed E-state index contributed by atoms with van der Waals surface area (Å²) in [5.74, 6) is 0.255. The molecular weight excluding hydrogens is 492 g/mol. The van der Waals surface area contributed by atoms with E-state index < -0.39 is 10.0 Å². The molecule has 0 aliphatic rings. The summed E-state index contributed by atoms with van der Waals surface area (Å²) in [7, 11) is -3.55. The molecule has 37 heavy (non-hydrogen) atoms. The lowest BCUT2D eigenvalue weighted by atomic mass is 10.0. The van der Waals surface area contributed by atoms with E-state index in [0.29, 0.717) is 49.0 Å². The number of pyridine rings is 1. The van der Waals surface area contributed by atoms with Crippen molar-refractivity contribution in [3.63, 3.8) is 0 Å². The van der Waals surface area contributed by atoms with Crippen molar-refractivity contribution in [2.24, 2.45) is 16.1 Å². The molecule has 1 unspecified atom stereocenters. The molecule has 1 aromatic carbocycles. The lowest BCUT2D eigenvalue weighted by molar-refractivity contribution is 0.0948. The number of azo groups is 1. The van der Waals surface area contributed by atoms with E-state index in [4.69, 9.17) is 4.74 Å². The molecule has 206 valence electrons. The Kier molecular flexibility index (Phi) is 12.8. The molecule has 1 aromatic heterocycles. The molecule has 10 heteroatoms. The first-order chi connectivity index (χ1) is 17.7. The molecule has 0 bridgehead atoms. The predicted octanol–water partition coefficient (Wildman–Crippen LogP) is 6.44. The number of nitrogens with zero attached hydrogens (tertiary/aromatic N) is 3. The molecule has 2 aromatic rings. The molecule has 0 amide bonds. The maximum atomic E-state index is 12.5. The number of sulfonamides is 1. The fourth-order valence-electron chi connectivity index (χ4n) is 3.87. The Balaban J connectivity index is 1.98. The molecular formula is C27H42N4O5S. The van der Waals surface area contributed by atoms with Crippen molar-refractivity contribution in [3.8, 4) is 5.88 Å². The van der Waals surface area contributed by atoms with Crippen LogP contribution in [-0.2, 0) is 21.3 Å². The first-order valence-corrected chi connectivity index (χ1v) is 14.9.